The lowest BCUT2D eigenvalue weighted by Crippen LogP contribution is -2.69. The van der Waals surface area contributed by atoms with Crippen molar-refractivity contribution in [2.24, 2.45) is 28.6 Å². The third-order valence-electron chi connectivity index (χ3n) is 9.64. The fourth-order valence-corrected chi connectivity index (χ4v) is 9.42. The number of alkyl halides is 4. The third kappa shape index (κ3) is 3.10. The number of Topliss-reactive ketones (excluding diaryl/α,β-unsaturated/α-hetero) is 1. The van der Waals surface area contributed by atoms with Crippen molar-refractivity contribution in [3.8, 4) is 0 Å². The smallest absolute Gasteiger partial charge is 0.375 e. The van der Waals surface area contributed by atoms with E-state index in [2.05, 4.69) is 0 Å². The highest BCUT2D eigenvalue weighted by atomic mass is 35.5. The maximum Gasteiger partial charge on any atom is 0.375 e. The van der Waals surface area contributed by atoms with Gasteiger partial charge in [-0.2, -0.15) is 0 Å². The minimum absolute atomic E-state index is 0.0262. The molecule has 0 amide bonds. The molecule has 0 saturated heterocycles. The van der Waals surface area contributed by atoms with Gasteiger partial charge in [-0.3, -0.25) is 9.59 Å². The average Bonchev–Trinajstić information content (AvgIpc) is 3.44. The zero-order valence-corrected chi connectivity index (χ0v) is 22.5. The first-order chi connectivity index (χ1) is 16.9. The fraction of sp³-hybridized carbons (Fsp3) is 0.593. The molecule has 5 rings (SSSR count). The zero-order chi connectivity index (χ0) is 26.3. The van der Waals surface area contributed by atoms with Gasteiger partial charge in [0.25, 0.3) is 0 Å². The molecule has 36 heavy (non-hydrogen) atoms. The number of halogens is 4. The van der Waals surface area contributed by atoms with Crippen LogP contribution in [0.4, 0.5) is 4.39 Å². The summed E-state index contributed by atoms with van der Waals surface area (Å²) in [6.07, 6.45) is 5.16. The van der Waals surface area contributed by atoms with Gasteiger partial charge in [-0.1, -0.05) is 26.8 Å². The van der Waals surface area contributed by atoms with Crippen LogP contribution in [0.25, 0.3) is 0 Å². The van der Waals surface area contributed by atoms with Gasteiger partial charge in [0.15, 0.2) is 17.2 Å². The van der Waals surface area contributed by atoms with Gasteiger partial charge in [0.05, 0.1) is 22.4 Å². The van der Waals surface area contributed by atoms with Crippen LogP contribution in [-0.2, 0) is 14.3 Å². The molecule has 3 saturated carbocycles. The molecule has 0 aliphatic heterocycles. The third-order valence-corrected chi connectivity index (χ3v) is 11.4. The first kappa shape index (κ1) is 26.0. The summed E-state index contributed by atoms with van der Waals surface area (Å²) in [7, 11) is 0. The number of ketones is 2. The number of furan rings is 1. The summed E-state index contributed by atoms with van der Waals surface area (Å²) < 4.78 is 27.1. The molecular formula is C27H28Cl3FO5. The zero-order valence-electron chi connectivity index (χ0n) is 20.2. The van der Waals surface area contributed by atoms with Gasteiger partial charge in [0.1, 0.15) is 6.17 Å². The topological polar surface area (TPSA) is 73.6 Å². The summed E-state index contributed by atoms with van der Waals surface area (Å²) >= 11 is 20.7. The van der Waals surface area contributed by atoms with Crippen molar-refractivity contribution in [3.63, 3.8) is 0 Å². The molecule has 1 heterocycles. The maximum atomic E-state index is 15.8. The summed E-state index contributed by atoms with van der Waals surface area (Å²) in [6.45, 7) is 5.57. The van der Waals surface area contributed by atoms with E-state index in [4.69, 9.17) is 44.0 Å². The van der Waals surface area contributed by atoms with E-state index in [0.29, 0.717) is 12.0 Å². The molecule has 9 atom stereocenters. The number of hydrogen-bond acceptors (Lipinski definition) is 5. The van der Waals surface area contributed by atoms with Gasteiger partial charge in [0.2, 0.25) is 5.76 Å². The SMILES string of the molecule is CC1CC2C3C[C@H](F)C4=CC(=O)C=CC4(C)[C@@]3(Cl)C(Cl)CC2(C)[C@@]1(OC(=O)c1ccco1)C(=O)CCl. The van der Waals surface area contributed by atoms with Crippen molar-refractivity contribution >= 4 is 52.3 Å². The van der Waals surface area contributed by atoms with Crippen molar-refractivity contribution < 1.29 is 27.9 Å². The van der Waals surface area contributed by atoms with Crippen molar-refractivity contribution in [3.05, 3.63) is 48.0 Å². The molecule has 0 radical (unpaired) electrons. The van der Waals surface area contributed by atoms with E-state index in [1.54, 1.807) is 12.1 Å². The summed E-state index contributed by atoms with van der Waals surface area (Å²) in [5, 5.41) is -0.723. The van der Waals surface area contributed by atoms with Crippen molar-refractivity contribution in [2.75, 3.05) is 5.88 Å². The Bertz CT molecular complexity index is 1180. The molecule has 1 aromatic heterocycles. The Kier molecular flexibility index (Phi) is 6.09. The van der Waals surface area contributed by atoms with Gasteiger partial charge in [0, 0.05) is 16.7 Å². The Morgan fingerprint density at radius 2 is 1.97 bits per heavy atom. The van der Waals surface area contributed by atoms with Crippen LogP contribution in [0.3, 0.4) is 0 Å². The highest BCUT2D eigenvalue weighted by Crippen LogP contribution is 2.73. The number of carbonyl (C=O) groups is 3. The molecule has 0 N–H and O–H groups in total. The summed E-state index contributed by atoms with van der Waals surface area (Å²) in [6, 6.07) is 3.03. The van der Waals surface area contributed by atoms with Crippen LogP contribution in [0, 0.1) is 28.6 Å². The predicted octanol–water partition coefficient (Wildman–Crippen LogP) is 6.06. The van der Waals surface area contributed by atoms with Gasteiger partial charge in [-0.25, -0.2) is 9.18 Å². The van der Waals surface area contributed by atoms with Crippen LogP contribution < -0.4 is 0 Å². The second kappa shape index (κ2) is 8.44. The van der Waals surface area contributed by atoms with Crippen LogP contribution in [-0.4, -0.2) is 45.4 Å². The van der Waals surface area contributed by atoms with Crippen LogP contribution in [0.15, 0.2) is 46.6 Å². The van der Waals surface area contributed by atoms with E-state index in [1.807, 2.05) is 20.8 Å². The van der Waals surface area contributed by atoms with E-state index in [0.717, 1.165) is 0 Å². The molecule has 6 unspecified atom stereocenters. The Labute approximate surface area is 224 Å². The number of ether oxygens (including phenoxy) is 1. The first-order valence-corrected chi connectivity index (χ1v) is 13.5. The van der Waals surface area contributed by atoms with E-state index < -0.39 is 56.4 Å². The number of rotatable bonds is 4. The van der Waals surface area contributed by atoms with Crippen LogP contribution in [0.5, 0.6) is 0 Å². The Morgan fingerprint density at radius 3 is 2.61 bits per heavy atom. The number of carbonyl (C=O) groups excluding carboxylic acids is 3. The number of fused-ring (bicyclic) bond motifs is 5. The van der Waals surface area contributed by atoms with E-state index in [9.17, 15) is 14.4 Å². The summed E-state index contributed by atoms with van der Waals surface area (Å²) in [4.78, 5) is 37.7. The number of esters is 1. The van der Waals surface area contributed by atoms with Crippen LogP contribution in [0.1, 0.15) is 50.6 Å². The van der Waals surface area contributed by atoms with Gasteiger partial charge in [-0.15, -0.1) is 34.8 Å². The van der Waals surface area contributed by atoms with E-state index >= 15 is 4.39 Å². The Balaban J connectivity index is 1.64. The summed E-state index contributed by atoms with van der Waals surface area (Å²) in [5.41, 5.74) is -3.19. The maximum absolute atomic E-state index is 15.8. The second-order valence-corrected chi connectivity index (χ2v) is 12.5. The molecule has 194 valence electrons. The summed E-state index contributed by atoms with van der Waals surface area (Å²) in [5.74, 6) is -3.02. The average molecular weight is 558 g/mol. The van der Waals surface area contributed by atoms with Gasteiger partial charge < -0.3 is 9.15 Å². The highest BCUT2D eigenvalue weighted by molar-refractivity contribution is 6.34. The molecular weight excluding hydrogens is 530 g/mol. The number of allylic oxidation sites excluding steroid dienone is 4. The van der Waals surface area contributed by atoms with Crippen molar-refractivity contribution in [1.82, 2.24) is 0 Å². The monoisotopic (exact) mass is 556 g/mol. The quantitative estimate of drug-likeness (QED) is 0.332. The normalized spacial score (nSPS) is 45.4. The number of hydrogen-bond donors (Lipinski definition) is 0. The molecule has 4 aliphatic carbocycles. The van der Waals surface area contributed by atoms with Crippen LogP contribution >= 0.6 is 34.8 Å². The molecule has 5 nitrogen and oxygen atoms in total. The lowest BCUT2D eigenvalue weighted by molar-refractivity contribution is -0.165. The molecule has 9 heteroatoms. The Hall–Kier alpha value is -1.63. The first-order valence-electron chi connectivity index (χ1n) is 12.1. The van der Waals surface area contributed by atoms with E-state index in [1.165, 1.54) is 24.5 Å². The van der Waals surface area contributed by atoms with Gasteiger partial charge in [-0.05, 0) is 61.0 Å². The largest absolute Gasteiger partial charge is 0.457 e. The lowest BCUT2D eigenvalue weighted by Gasteiger charge is -2.64. The molecule has 0 spiro atoms. The predicted molar refractivity (Wildman–Crippen MR) is 134 cm³/mol. The fourth-order valence-electron chi connectivity index (χ4n) is 8.02. The van der Waals surface area contributed by atoms with Gasteiger partial charge >= 0.3 is 5.97 Å². The molecule has 4 aliphatic rings. The highest BCUT2D eigenvalue weighted by Gasteiger charge is 2.77. The molecule has 0 aromatic carbocycles. The standard InChI is InChI=1S/C27H28Cl3FO5/c1-14-9-16-17-11-19(31)18-10-15(32)6-7-24(18,2)26(17,30)21(29)12-25(16,3)27(14,22(33)13-28)36-23(34)20-5-4-8-35-20/h4-8,10,14,16-17,19,21H,9,11-13H2,1-3H3/t14?,16?,17?,19-,21?,24?,25?,26-,27-/m0/s1. The molecule has 3 fully saturated rings. The molecule has 0 bridgehead atoms. The minimum Gasteiger partial charge on any atom is -0.457 e. The van der Waals surface area contributed by atoms with Crippen LogP contribution in [0.2, 0.25) is 0 Å². The minimum atomic E-state index is -1.59. The Morgan fingerprint density at radius 1 is 1.25 bits per heavy atom. The van der Waals surface area contributed by atoms with Crippen molar-refractivity contribution in [2.45, 2.75) is 62.1 Å². The molecule has 1 aromatic rings. The second-order valence-electron chi connectivity index (χ2n) is 11.1. The lowest BCUT2D eigenvalue weighted by atomic mass is 9.46. The van der Waals surface area contributed by atoms with Crippen molar-refractivity contribution in [1.29, 1.82) is 0 Å². The van der Waals surface area contributed by atoms with E-state index in [-0.39, 0.29) is 36.2 Å².